The normalized spacial score (nSPS) is 13.3. The zero-order valence-electron chi connectivity index (χ0n) is 30.3. The lowest BCUT2D eigenvalue weighted by molar-refractivity contribution is 0.441. The number of ether oxygens (including phenoxy) is 1. The summed E-state index contributed by atoms with van der Waals surface area (Å²) in [5.74, 6) is 1.72. The Bertz CT molecular complexity index is 3130. The van der Waals surface area contributed by atoms with E-state index in [2.05, 4.69) is 205 Å². The SMILES string of the molecule is c1ccc(N(c2ccc(-c3cccc4c3oc3ccc5c(c34)Oc3ccccc3C53c4ccccc4-c4ccccc43)cc2)c2ccc3ccccc3c2)cc1. The van der Waals surface area contributed by atoms with Gasteiger partial charge < -0.3 is 14.1 Å². The van der Waals surface area contributed by atoms with Gasteiger partial charge in [0, 0.05) is 39.1 Å². The van der Waals surface area contributed by atoms with Gasteiger partial charge in [-0.1, -0.05) is 146 Å². The monoisotopic (exact) mass is 715 g/mol. The van der Waals surface area contributed by atoms with Crippen LogP contribution in [0.25, 0.3) is 55.0 Å². The molecule has 1 spiro atoms. The summed E-state index contributed by atoms with van der Waals surface area (Å²) in [6.45, 7) is 0. The van der Waals surface area contributed by atoms with Crippen LogP contribution in [0.2, 0.25) is 0 Å². The molecule has 0 unspecified atom stereocenters. The molecule has 262 valence electrons. The zero-order chi connectivity index (χ0) is 36.8. The minimum Gasteiger partial charge on any atom is -0.456 e. The van der Waals surface area contributed by atoms with Crippen molar-refractivity contribution in [2.75, 3.05) is 4.90 Å². The first-order valence-corrected chi connectivity index (χ1v) is 19.2. The van der Waals surface area contributed by atoms with E-state index in [-0.39, 0.29) is 0 Å². The molecule has 0 fully saturated rings. The van der Waals surface area contributed by atoms with E-state index < -0.39 is 5.41 Å². The van der Waals surface area contributed by atoms with Crippen molar-refractivity contribution in [1.82, 2.24) is 0 Å². The van der Waals surface area contributed by atoms with Crippen molar-refractivity contribution >= 4 is 49.8 Å². The number of hydrogen-bond donors (Lipinski definition) is 0. The smallest absolute Gasteiger partial charge is 0.143 e. The molecule has 56 heavy (non-hydrogen) atoms. The van der Waals surface area contributed by atoms with Crippen LogP contribution in [-0.4, -0.2) is 0 Å². The van der Waals surface area contributed by atoms with Crippen LogP contribution in [0.3, 0.4) is 0 Å². The highest BCUT2D eigenvalue weighted by Gasteiger charge is 2.51. The Kier molecular flexibility index (Phi) is 6.55. The molecular formula is C53H33NO2. The Labute approximate surface area is 324 Å². The molecule has 0 amide bonds. The van der Waals surface area contributed by atoms with Gasteiger partial charge in [-0.2, -0.15) is 0 Å². The molecule has 0 saturated heterocycles. The predicted octanol–water partition coefficient (Wildman–Crippen LogP) is 14.3. The van der Waals surface area contributed by atoms with Gasteiger partial charge in [0.25, 0.3) is 0 Å². The van der Waals surface area contributed by atoms with Gasteiger partial charge in [0.1, 0.15) is 22.7 Å². The first-order valence-electron chi connectivity index (χ1n) is 19.2. The lowest BCUT2D eigenvalue weighted by Gasteiger charge is -2.39. The molecule has 0 bridgehead atoms. The molecule has 0 saturated carbocycles. The van der Waals surface area contributed by atoms with E-state index in [4.69, 9.17) is 9.15 Å². The summed E-state index contributed by atoms with van der Waals surface area (Å²) in [4.78, 5) is 2.31. The van der Waals surface area contributed by atoms with Crippen LogP contribution in [0.15, 0.2) is 205 Å². The number of nitrogens with zero attached hydrogens (tertiary/aromatic N) is 1. The number of para-hydroxylation sites is 3. The summed E-state index contributed by atoms with van der Waals surface area (Å²) in [5, 5.41) is 4.47. The third kappa shape index (κ3) is 4.28. The van der Waals surface area contributed by atoms with E-state index in [9.17, 15) is 0 Å². The molecule has 1 aliphatic carbocycles. The van der Waals surface area contributed by atoms with Crippen LogP contribution in [0.5, 0.6) is 11.5 Å². The maximum atomic E-state index is 7.01. The second kappa shape index (κ2) is 11.8. The van der Waals surface area contributed by atoms with Gasteiger partial charge in [-0.3, -0.25) is 0 Å². The molecule has 1 aliphatic heterocycles. The molecule has 3 heteroatoms. The van der Waals surface area contributed by atoms with E-state index in [0.717, 1.165) is 72.8 Å². The number of rotatable bonds is 4. The fourth-order valence-electron chi connectivity index (χ4n) is 9.55. The van der Waals surface area contributed by atoms with Crippen molar-refractivity contribution in [3.8, 4) is 33.8 Å². The van der Waals surface area contributed by atoms with Crippen LogP contribution in [-0.2, 0) is 5.41 Å². The Hall–Kier alpha value is -7.36. The molecule has 1 aromatic heterocycles. The lowest BCUT2D eigenvalue weighted by atomic mass is 9.66. The molecule has 10 aromatic rings. The molecule has 3 nitrogen and oxygen atoms in total. The molecule has 0 N–H and O–H groups in total. The van der Waals surface area contributed by atoms with E-state index in [1.165, 1.54) is 33.0 Å². The standard InChI is InChI=1S/C53H33NO2/c1-2-15-37(16-3-1)54(39-30-25-34-13-4-5-14-36(34)33-39)38-28-26-35(27-29-38)40-19-12-20-43-50-49(56-51(40)43)32-31-47-52(50)55-48-24-11-10-23-46(48)53(47)44-21-8-6-17-41(44)42-18-7-9-22-45(42)53/h1-33H. The van der Waals surface area contributed by atoms with Crippen LogP contribution in [0, 0.1) is 0 Å². The first-order chi connectivity index (χ1) is 27.8. The van der Waals surface area contributed by atoms with Gasteiger partial charge in [-0.25, -0.2) is 0 Å². The third-order valence-electron chi connectivity index (χ3n) is 11.9. The average Bonchev–Trinajstić information content (AvgIpc) is 3.79. The lowest BCUT2D eigenvalue weighted by Crippen LogP contribution is -2.32. The second-order valence-corrected chi connectivity index (χ2v) is 14.8. The van der Waals surface area contributed by atoms with Gasteiger partial charge in [0.05, 0.1) is 10.8 Å². The van der Waals surface area contributed by atoms with Gasteiger partial charge in [0.15, 0.2) is 0 Å². The minimum absolute atomic E-state index is 0.530. The average molecular weight is 716 g/mol. The Morgan fingerprint density at radius 2 is 1.04 bits per heavy atom. The van der Waals surface area contributed by atoms with Crippen LogP contribution in [0.1, 0.15) is 22.3 Å². The van der Waals surface area contributed by atoms with Gasteiger partial charge in [0.2, 0.25) is 0 Å². The molecule has 0 atom stereocenters. The fraction of sp³-hybridized carbons (Fsp3) is 0.0189. The van der Waals surface area contributed by atoms with E-state index in [1.807, 2.05) is 0 Å². The number of anilines is 3. The highest BCUT2D eigenvalue weighted by Crippen LogP contribution is 2.63. The van der Waals surface area contributed by atoms with Crippen LogP contribution in [0.4, 0.5) is 17.1 Å². The van der Waals surface area contributed by atoms with Crippen molar-refractivity contribution < 1.29 is 9.15 Å². The number of hydrogen-bond acceptors (Lipinski definition) is 3. The number of fused-ring (bicyclic) bond motifs is 14. The van der Waals surface area contributed by atoms with Gasteiger partial charge in [-0.05, 0) is 93.2 Å². The first kappa shape index (κ1) is 31.0. The largest absolute Gasteiger partial charge is 0.456 e. The van der Waals surface area contributed by atoms with Crippen molar-refractivity contribution in [1.29, 1.82) is 0 Å². The van der Waals surface area contributed by atoms with Crippen molar-refractivity contribution in [2.24, 2.45) is 0 Å². The maximum Gasteiger partial charge on any atom is 0.143 e. The van der Waals surface area contributed by atoms with Crippen LogP contribution >= 0.6 is 0 Å². The summed E-state index contributed by atoms with van der Waals surface area (Å²) < 4.78 is 13.9. The summed E-state index contributed by atoms with van der Waals surface area (Å²) in [7, 11) is 0. The molecular weight excluding hydrogens is 683 g/mol. The van der Waals surface area contributed by atoms with E-state index in [1.54, 1.807) is 0 Å². The fourth-order valence-corrected chi connectivity index (χ4v) is 9.55. The third-order valence-corrected chi connectivity index (χ3v) is 11.9. The van der Waals surface area contributed by atoms with Crippen LogP contribution < -0.4 is 9.64 Å². The highest BCUT2D eigenvalue weighted by molar-refractivity contribution is 6.13. The Morgan fingerprint density at radius 3 is 1.82 bits per heavy atom. The summed E-state index contributed by atoms with van der Waals surface area (Å²) in [6, 6.07) is 71.6. The van der Waals surface area contributed by atoms with Gasteiger partial charge in [-0.15, -0.1) is 0 Å². The maximum absolute atomic E-state index is 7.01. The van der Waals surface area contributed by atoms with Gasteiger partial charge >= 0.3 is 0 Å². The Balaban J connectivity index is 1.02. The molecule has 2 aliphatic rings. The molecule has 2 heterocycles. The van der Waals surface area contributed by atoms with E-state index >= 15 is 0 Å². The topological polar surface area (TPSA) is 25.6 Å². The quantitative estimate of drug-likeness (QED) is 0.181. The molecule has 0 radical (unpaired) electrons. The van der Waals surface area contributed by atoms with E-state index in [0.29, 0.717) is 0 Å². The summed E-state index contributed by atoms with van der Waals surface area (Å²) in [5.41, 5.74) is 13.9. The number of furan rings is 1. The summed E-state index contributed by atoms with van der Waals surface area (Å²) in [6.07, 6.45) is 0. The predicted molar refractivity (Wildman–Crippen MR) is 229 cm³/mol. The minimum atomic E-state index is -0.530. The molecule has 9 aromatic carbocycles. The van der Waals surface area contributed by atoms with Crippen molar-refractivity contribution in [3.05, 3.63) is 222 Å². The Morgan fingerprint density at radius 1 is 0.411 bits per heavy atom. The highest BCUT2D eigenvalue weighted by atomic mass is 16.5. The second-order valence-electron chi connectivity index (χ2n) is 14.8. The summed E-state index contributed by atoms with van der Waals surface area (Å²) >= 11 is 0. The number of benzene rings is 9. The van der Waals surface area contributed by atoms with Crippen molar-refractivity contribution in [2.45, 2.75) is 5.41 Å². The zero-order valence-corrected chi connectivity index (χ0v) is 30.3. The van der Waals surface area contributed by atoms with Crippen molar-refractivity contribution in [3.63, 3.8) is 0 Å². The molecule has 12 rings (SSSR count).